The number of nitrogens with zero attached hydrogens (tertiary/aromatic N) is 4. The number of carbonyl (C=O) groups is 1. The molecule has 2 unspecified atom stereocenters. The van der Waals surface area contributed by atoms with Crippen molar-refractivity contribution in [2.45, 2.75) is 51.5 Å². The molecule has 0 saturated heterocycles. The summed E-state index contributed by atoms with van der Waals surface area (Å²) in [6.07, 6.45) is 1.98. The summed E-state index contributed by atoms with van der Waals surface area (Å²) in [6, 6.07) is 12.6. The van der Waals surface area contributed by atoms with Crippen molar-refractivity contribution in [3.63, 3.8) is 0 Å². The van der Waals surface area contributed by atoms with Crippen LogP contribution in [0.2, 0.25) is 0 Å². The van der Waals surface area contributed by atoms with Gasteiger partial charge in [0.2, 0.25) is 5.96 Å². The molecule has 2 N–H and O–H groups in total. The Morgan fingerprint density at radius 1 is 1.20 bits per heavy atom. The minimum Gasteiger partial charge on any atom is -0.368 e. The smallest absolute Gasteiger partial charge is 0.273 e. The van der Waals surface area contributed by atoms with Gasteiger partial charge in [0, 0.05) is 25.8 Å². The molecule has 0 bridgehead atoms. The molecule has 1 heterocycles. The largest absolute Gasteiger partial charge is 0.368 e. The highest BCUT2D eigenvalue weighted by atomic mass is 32.2. The van der Waals surface area contributed by atoms with Gasteiger partial charge in [-0.2, -0.15) is 10.4 Å². The molecule has 1 amide bonds. The Kier molecular flexibility index (Phi) is 11.0. The van der Waals surface area contributed by atoms with Crippen LogP contribution < -0.4 is 10.6 Å². The third-order valence-electron chi connectivity index (χ3n) is 6.23. The van der Waals surface area contributed by atoms with E-state index in [1.165, 1.54) is 16.8 Å². The number of benzene rings is 2. The predicted molar refractivity (Wildman–Crippen MR) is 154 cm³/mol. The number of hydrogen-bond donors (Lipinski definition) is 2. The summed E-state index contributed by atoms with van der Waals surface area (Å²) in [5.41, 5.74) is 0.774. The summed E-state index contributed by atoms with van der Waals surface area (Å²) in [7, 11) is 1.56. The van der Waals surface area contributed by atoms with E-state index >= 15 is 0 Å². The molecule has 214 valence electrons. The molecule has 2 aromatic rings. The Morgan fingerprint density at radius 3 is 2.55 bits per heavy atom. The number of halogens is 2. The van der Waals surface area contributed by atoms with Crippen LogP contribution in [0.1, 0.15) is 51.7 Å². The average molecular weight is 571 g/mol. The molecule has 40 heavy (non-hydrogen) atoms. The molecule has 2 aromatic carbocycles. The number of ether oxygens (including phenoxy) is 1. The summed E-state index contributed by atoms with van der Waals surface area (Å²) in [4.78, 5) is 17.2. The van der Waals surface area contributed by atoms with Crippen LogP contribution in [0.5, 0.6) is 0 Å². The van der Waals surface area contributed by atoms with Crippen LogP contribution >= 0.6 is 11.8 Å². The zero-order valence-electron chi connectivity index (χ0n) is 23.4. The van der Waals surface area contributed by atoms with Crippen LogP contribution in [0.3, 0.4) is 0 Å². The van der Waals surface area contributed by atoms with Crippen LogP contribution in [-0.4, -0.2) is 48.2 Å². The zero-order chi connectivity index (χ0) is 29.3. The molecular weight excluding hydrogens is 534 g/mol. The van der Waals surface area contributed by atoms with Crippen molar-refractivity contribution in [3.8, 4) is 6.19 Å². The molecule has 0 saturated carbocycles. The summed E-state index contributed by atoms with van der Waals surface area (Å²) >= 11 is 1.22. The highest BCUT2D eigenvalue weighted by molar-refractivity contribution is 8.15. The molecule has 0 aliphatic carbocycles. The summed E-state index contributed by atoms with van der Waals surface area (Å²) < 4.78 is 35.3. The van der Waals surface area contributed by atoms with E-state index in [9.17, 15) is 13.6 Å². The van der Waals surface area contributed by atoms with E-state index in [-0.39, 0.29) is 28.4 Å². The highest BCUT2D eigenvalue weighted by Crippen LogP contribution is 2.51. The van der Waals surface area contributed by atoms with Gasteiger partial charge in [0.1, 0.15) is 27.7 Å². The second-order valence-corrected chi connectivity index (χ2v) is 11.4. The SMILES string of the molecule is CN=C(NC#N)NCCCC1(c2ccccc2)SC(c2cc(F)ccc2F)=NN1C(=O)C(OCC(C)C)C(C)C. The Bertz CT molecular complexity index is 1260. The fourth-order valence-corrected chi connectivity index (χ4v) is 5.73. The number of nitrogens with one attached hydrogen (secondary N) is 2. The van der Waals surface area contributed by atoms with E-state index in [4.69, 9.17) is 10.00 Å². The van der Waals surface area contributed by atoms with Gasteiger partial charge >= 0.3 is 0 Å². The maximum Gasteiger partial charge on any atom is 0.273 e. The first-order valence-electron chi connectivity index (χ1n) is 13.2. The average Bonchev–Trinajstić information content (AvgIpc) is 3.32. The minimum absolute atomic E-state index is 0.0125. The summed E-state index contributed by atoms with van der Waals surface area (Å²) in [5, 5.41) is 20.7. The second kappa shape index (κ2) is 14.2. The normalized spacial score (nSPS) is 18.1. The molecular formula is C29H36F2N6O2S. The molecule has 0 fully saturated rings. The number of guanidine groups is 1. The predicted octanol–water partition coefficient (Wildman–Crippen LogP) is 5.18. The number of hydrogen-bond acceptors (Lipinski definition) is 6. The number of thioether (sulfide) groups is 1. The number of rotatable bonds is 11. The van der Waals surface area contributed by atoms with Crippen molar-refractivity contribution >= 4 is 28.7 Å². The highest BCUT2D eigenvalue weighted by Gasteiger charge is 2.50. The molecule has 2 atom stereocenters. The lowest BCUT2D eigenvalue weighted by Gasteiger charge is -2.38. The van der Waals surface area contributed by atoms with Gasteiger partial charge in [-0.1, -0.05) is 69.8 Å². The van der Waals surface area contributed by atoms with Crippen LogP contribution in [0, 0.1) is 34.9 Å². The quantitative estimate of drug-likeness (QED) is 0.127. The van der Waals surface area contributed by atoms with Gasteiger partial charge in [-0.25, -0.2) is 13.8 Å². The zero-order valence-corrected chi connectivity index (χ0v) is 24.3. The third kappa shape index (κ3) is 7.37. The topological polar surface area (TPSA) is 102 Å². The molecule has 8 nitrogen and oxygen atoms in total. The molecule has 0 spiro atoms. The van der Waals surface area contributed by atoms with Gasteiger partial charge in [0.15, 0.2) is 6.19 Å². The van der Waals surface area contributed by atoms with Crippen molar-refractivity contribution in [1.29, 1.82) is 5.26 Å². The number of aliphatic imine (C=N–C) groups is 1. The van der Waals surface area contributed by atoms with Gasteiger partial charge in [0.25, 0.3) is 5.91 Å². The minimum atomic E-state index is -1.06. The van der Waals surface area contributed by atoms with Crippen LogP contribution in [0.15, 0.2) is 58.6 Å². The fourth-order valence-electron chi connectivity index (χ4n) is 4.31. The molecule has 1 aliphatic heterocycles. The van der Waals surface area contributed by atoms with Crippen molar-refractivity contribution in [2.24, 2.45) is 21.9 Å². The van der Waals surface area contributed by atoms with E-state index in [1.807, 2.05) is 64.2 Å². The maximum absolute atomic E-state index is 15.0. The van der Waals surface area contributed by atoms with Crippen LogP contribution in [-0.2, 0) is 14.4 Å². The van der Waals surface area contributed by atoms with E-state index in [0.717, 1.165) is 23.8 Å². The molecule has 3 rings (SSSR count). The van der Waals surface area contributed by atoms with Gasteiger partial charge < -0.3 is 10.1 Å². The Morgan fingerprint density at radius 2 is 1.93 bits per heavy atom. The van der Waals surface area contributed by atoms with E-state index in [2.05, 4.69) is 20.7 Å². The first-order chi connectivity index (χ1) is 19.1. The summed E-state index contributed by atoms with van der Waals surface area (Å²) in [5.74, 6) is -1.21. The first-order valence-corrected chi connectivity index (χ1v) is 14.0. The molecule has 11 heteroatoms. The Labute approximate surface area is 238 Å². The lowest BCUT2D eigenvalue weighted by Crippen LogP contribution is -2.48. The number of hydrazone groups is 1. The summed E-state index contributed by atoms with van der Waals surface area (Å²) in [6.45, 7) is 8.65. The van der Waals surface area contributed by atoms with E-state index in [1.54, 1.807) is 7.05 Å². The third-order valence-corrected chi connectivity index (χ3v) is 7.68. The van der Waals surface area contributed by atoms with Crippen LogP contribution in [0.4, 0.5) is 8.78 Å². The Hall–Kier alpha value is -3.49. The molecule has 0 aromatic heterocycles. The fraction of sp³-hybridized carbons (Fsp3) is 0.448. The van der Waals surface area contributed by atoms with E-state index in [0.29, 0.717) is 32.0 Å². The second-order valence-electron chi connectivity index (χ2n) is 10.2. The van der Waals surface area contributed by atoms with Gasteiger partial charge in [-0.15, -0.1) is 0 Å². The lowest BCUT2D eigenvalue weighted by atomic mass is 9.98. The number of amides is 1. The van der Waals surface area contributed by atoms with Gasteiger partial charge in [-0.05, 0) is 48.4 Å². The van der Waals surface area contributed by atoms with Gasteiger partial charge in [0.05, 0.1) is 0 Å². The number of nitriles is 1. The van der Waals surface area contributed by atoms with Crippen molar-refractivity contribution in [3.05, 3.63) is 71.3 Å². The van der Waals surface area contributed by atoms with Gasteiger partial charge in [-0.3, -0.25) is 15.1 Å². The van der Waals surface area contributed by atoms with Crippen molar-refractivity contribution in [2.75, 3.05) is 20.2 Å². The number of carbonyl (C=O) groups excluding carboxylic acids is 1. The molecule has 0 radical (unpaired) electrons. The van der Waals surface area contributed by atoms with Crippen LogP contribution in [0.25, 0.3) is 0 Å². The lowest BCUT2D eigenvalue weighted by molar-refractivity contribution is -0.151. The first kappa shape index (κ1) is 31.0. The maximum atomic E-state index is 15.0. The standard InChI is InChI=1S/C29H36F2N6O2S/c1-19(2)17-39-25(20(3)4)27(38)37-29(21-10-7-6-8-11-21,14-9-15-34-28(33-5)35-18-32)40-26(36-37)23-16-22(30)12-13-24(23)31/h6-8,10-13,16,19-20,25H,9,14-15,17H2,1-5H3,(H2,33,34,35). The van der Waals surface area contributed by atoms with Crippen molar-refractivity contribution < 1.29 is 18.3 Å². The van der Waals surface area contributed by atoms with E-state index < -0.39 is 22.6 Å². The monoisotopic (exact) mass is 570 g/mol. The Balaban J connectivity index is 2.07. The van der Waals surface area contributed by atoms with Crippen molar-refractivity contribution in [1.82, 2.24) is 15.6 Å². The molecule has 1 aliphatic rings.